The maximum absolute atomic E-state index is 12.2. The molecule has 0 spiro atoms. The van der Waals surface area contributed by atoms with E-state index in [9.17, 15) is 14.6 Å². The lowest BCUT2D eigenvalue weighted by atomic mass is 9.72. The lowest BCUT2D eigenvalue weighted by Gasteiger charge is -2.29. The highest BCUT2D eigenvalue weighted by Crippen LogP contribution is 2.30. The van der Waals surface area contributed by atoms with E-state index in [1.165, 1.54) is 0 Å². The Kier molecular flexibility index (Phi) is 7.28. The Morgan fingerprint density at radius 2 is 2.29 bits per heavy atom. The zero-order valence-electron chi connectivity index (χ0n) is 14.9. The lowest BCUT2D eigenvalue weighted by Crippen LogP contribution is -2.53. The van der Waals surface area contributed by atoms with Crippen molar-refractivity contribution in [1.82, 2.24) is 14.9 Å². The van der Waals surface area contributed by atoms with Crippen LogP contribution in [0.15, 0.2) is 36.9 Å². The van der Waals surface area contributed by atoms with Gasteiger partial charge >= 0.3 is 13.1 Å². The van der Waals surface area contributed by atoms with Gasteiger partial charge in [-0.3, -0.25) is 4.79 Å². The molecule has 2 aromatic rings. The number of ether oxygens (including phenoxy) is 1. The number of halogens is 1. The SMILES string of the molecule is O=C(CCn1ccnc1)N[C@H]1Cc2cccc(C(=O)OCCOI)c2OB1O. The summed E-state index contributed by atoms with van der Waals surface area (Å²) < 4.78 is 17.3. The van der Waals surface area contributed by atoms with Gasteiger partial charge in [0.15, 0.2) is 0 Å². The molecule has 1 aliphatic heterocycles. The predicted octanol–water partition coefficient (Wildman–Crippen LogP) is 0.936. The number of carbonyl (C=O) groups excluding carboxylic acids is 2. The highest BCUT2D eigenvalue weighted by atomic mass is 127. The van der Waals surface area contributed by atoms with Crippen molar-refractivity contribution in [3.63, 3.8) is 0 Å². The third-order valence-electron chi connectivity index (χ3n) is 4.24. The van der Waals surface area contributed by atoms with Crippen LogP contribution in [-0.4, -0.2) is 52.7 Å². The summed E-state index contributed by atoms with van der Waals surface area (Å²) in [6.07, 6.45) is 5.64. The van der Waals surface area contributed by atoms with Crippen molar-refractivity contribution < 1.29 is 27.1 Å². The van der Waals surface area contributed by atoms with Gasteiger partial charge < -0.3 is 27.4 Å². The highest BCUT2D eigenvalue weighted by Gasteiger charge is 2.37. The number of amides is 1. The molecule has 1 aliphatic rings. The average molecular weight is 499 g/mol. The van der Waals surface area contributed by atoms with Crippen LogP contribution in [0.1, 0.15) is 22.3 Å². The van der Waals surface area contributed by atoms with Gasteiger partial charge in [0.05, 0.1) is 18.9 Å². The molecule has 0 unspecified atom stereocenters. The minimum atomic E-state index is -1.27. The summed E-state index contributed by atoms with van der Waals surface area (Å²) in [4.78, 5) is 28.3. The van der Waals surface area contributed by atoms with Crippen molar-refractivity contribution >= 4 is 42.0 Å². The molecule has 0 radical (unpaired) electrons. The smallest absolute Gasteiger partial charge is 0.534 e. The lowest BCUT2D eigenvalue weighted by molar-refractivity contribution is -0.121. The maximum atomic E-state index is 12.2. The summed E-state index contributed by atoms with van der Waals surface area (Å²) in [5.74, 6) is -1.10. The molecule has 1 atom stereocenters. The van der Waals surface area contributed by atoms with Crippen molar-refractivity contribution in [1.29, 1.82) is 0 Å². The van der Waals surface area contributed by atoms with Gasteiger partial charge in [-0.25, -0.2) is 9.78 Å². The molecule has 2 N–H and O–H groups in total. The van der Waals surface area contributed by atoms with E-state index in [-0.39, 0.29) is 36.9 Å². The number of nitrogens with zero attached hydrogens (tertiary/aromatic N) is 2. The molecule has 0 aliphatic carbocycles. The van der Waals surface area contributed by atoms with Crippen LogP contribution in [0.5, 0.6) is 5.75 Å². The van der Waals surface area contributed by atoms with Crippen molar-refractivity contribution in [2.45, 2.75) is 25.3 Å². The van der Waals surface area contributed by atoms with Gasteiger partial charge in [0, 0.05) is 25.4 Å². The average Bonchev–Trinajstić information content (AvgIpc) is 3.20. The fraction of sp³-hybridized carbons (Fsp3) is 0.353. The number of hydrogen-bond donors (Lipinski definition) is 2. The summed E-state index contributed by atoms with van der Waals surface area (Å²) >= 11 is 1.72. The highest BCUT2D eigenvalue weighted by molar-refractivity contribution is 14.1. The fourth-order valence-corrected chi connectivity index (χ4v) is 3.06. The summed E-state index contributed by atoms with van der Waals surface area (Å²) in [5.41, 5.74) is 0.944. The Morgan fingerprint density at radius 1 is 1.43 bits per heavy atom. The van der Waals surface area contributed by atoms with Gasteiger partial charge in [0.2, 0.25) is 5.91 Å². The molecule has 0 bridgehead atoms. The van der Waals surface area contributed by atoms with E-state index < -0.39 is 19.0 Å². The normalized spacial score (nSPS) is 15.5. The first-order chi connectivity index (χ1) is 13.6. The molecule has 0 saturated carbocycles. The van der Waals surface area contributed by atoms with Crippen LogP contribution in [0.25, 0.3) is 0 Å². The van der Waals surface area contributed by atoms with E-state index in [1.807, 2.05) is 0 Å². The van der Waals surface area contributed by atoms with Crippen LogP contribution in [0.2, 0.25) is 0 Å². The first-order valence-corrected chi connectivity index (χ1v) is 9.59. The first-order valence-electron chi connectivity index (χ1n) is 8.71. The number of aromatic nitrogens is 2. The van der Waals surface area contributed by atoms with E-state index in [0.29, 0.717) is 18.5 Å². The van der Waals surface area contributed by atoms with E-state index in [4.69, 9.17) is 12.5 Å². The molecule has 1 aromatic carbocycles. The van der Waals surface area contributed by atoms with Crippen LogP contribution in [0.4, 0.5) is 0 Å². The zero-order valence-corrected chi connectivity index (χ0v) is 17.1. The second-order valence-electron chi connectivity index (χ2n) is 6.18. The quantitative estimate of drug-likeness (QED) is 0.241. The zero-order chi connectivity index (χ0) is 19.9. The Labute approximate surface area is 176 Å². The molecular weight excluding hydrogens is 480 g/mol. The van der Waals surface area contributed by atoms with E-state index in [2.05, 4.69) is 10.3 Å². The molecular formula is C17H19BIN3O6. The van der Waals surface area contributed by atoms with E-state index in [0.717, 1.165) is 0 Å². The second kappa shape index (κ2) is 9.89. The van der Waals surface area contributed by atoms with Gasteiger partial charge in [-0.05, 0) is 18.1 Å². The largest absolute Gasteiger partial charge is 0.547 e. The molecule has 0 saturated heterocycles. The number of esters is 1. The number of fused-ring (bicyclic) bond motifs is 1. The number of imidazole rings is 1. The minimum absolute atomic E-state index is 0.115. The Balaban J connectivity index is 1.61. The molecule has 0 fully saturated rings. The predicted molar refractivity (Wildman–Crippen MR) is 108 cm³/mol. The number of rotatable bonds is 8. The number of carbonyl (C=O) groups is 2. The topological polar surface area (TPSA) is 112 Å². The monoisotopic (exact) mass is 499 g/mol. The number of nitrogens with one attached hydrogen (secondary N) is 1. The molecule has 1 aromatic heterocycles. The van der Waals surface area contributed by atoms with Crippen molar-refractivity contribution in [2.24, 2.45) is 0 Å². The molecule has 11 heteroatoms. The molecule has 2 heterocycles. The van der Waals surface area contributed by atoms with Crippen LogP contribution >= 0.6 is 23.0 Å². The van der Waals surface area contributed by atoms with Gasteiger partial charge in [0.1, 0.15) is 40.9 Å². The number of aryl methyl sites for hydroxylation is 1. The van der Waals surface area contributed by atoms with E-state index >= 15 is 0 Å². The standard InChI is InChI=1S/C17H19BIN3O6/c19-27-9-8-26-17(24)13-3-1-2-12-10-14(18(25)28-16(12)13)21-15(23)4-6-22-7-5-20-11-22/h1-3,5,7,11,14,25H,4,6,8-10H2,(H,21,23)/t14-/m0/s1. The molecule has 9 nitrogen and oxygen atoms in total. The minimum Gasteiger partial charge on any atom is -0.534 e. The van der Waals surface area contributed by atoms with E-state index in [1.54, 1.807) is 64.5 Å². The van der Waals surface area contributed by atoms with Crippen LogP contribution in [0, 0.1) is 0 Å². The van der Waals surface area contributed by atoms with Gasteiger partial charge in [-0.2, -0.15) is 0 Å². The van der Waals surface area contributed by atoms with Gasteiger partial charge in [0.25, 0.3) is 0 Å². The molecule has 28 heavy (non-hydrogen) atoms. The fourth-order valence-electron chi connectivity index (χ4n) is 2.88. The van der Waals surface area contributed by atoms with Crippen LogP contribution in [-0.2, 0) is 25.6 Å². The van der Waals surface area contributed by atoms with Crippen molar-refractivity contribution in [3.05, 3.63) is 48.0 Å². The number of para-hydroxylation sites is 1. The summed E-state index contributed by atoms with van der Waals surface area (Å²) in [7, 11) is -1.27. The Bertz CT molecular complexity index is 819. The van der Waals surface area contributed by atoms with Crippen LogP contribution < -0.4 is 9.97 Å². The molecule has 3 rings (SSSR count). The van der Waals surface area contributed by atoms with Gasteiger partial charge in [-0.1, -0.05) is 12.1 Å². The Morgan fingerprint density at radius 3 is 3.04 bits per heavy atom. The number of hydrogen-bond acceptors (Lipinski definition) is 7. The maximum Gasteiger partial charge on any atom is 0.547 e. The third-order valence-corrected chi connectivity index (χ3v) is 4.68. The summed E-state index contributed by atoms with van der Waals surface area (Å²) in [5, 5.41) is 13.1. The molecule has 1 amide bonds. The van der Waals surface area contributed by atoms with Crippen LogP contribution in [0.3, 0.4) is 0 Å². The Hall–Kier alpha value is -2.12. The first kappa shape index (κ1) is 20.6. The third kappa shape index (κ3) is 5.23. The second-order valence-corrected chi connectivity index (χ2v) is 6.80. The molecule has 148 valence electrons. The summed E-state index contributed by atoms with van der Waals surface area (Å²) in [6.45, 7) is 0.880. The number of benzene rings is 1. The van der Waals surface area contributed by atoms with Gasteiger partial charge in [-0.15, -0.1) is 0 Å². The van der Waals surface area contributed by atoms with Crippen molar-refractivity contribution in [2.75, 3.05) is 13.2 Å². The summed E-state index contributed by atoms with van der Waals surface area (Å²) in [6, 6.07) is 5.07. The van der Waals surface area contributed by atoms with Crippen molar-refractivity contribution in [3.8, 4) is 5.75 Å².